The van der Waals surface area contributed by atoms with E-state index in [4.69, 9.17) is 0 Å². The van der Waals surface area contributed by atoms with Gasteiger partial charge in [0.25, 0.3) is 0 Å². The molecule has 0 radical (unpaired) electrons. The van der Waals surface area contributed by atoms with Crippen LogP contribution >= 0.6 is 0 Å². The van der Waals surface area contributed by atoms with E-state index in [1.807, 2.05) is 0 Å². The van der Waals surface area contributed by atoms with Crippen molar-refractivity contribution in [1.82, 2.24) is 0 Å². The molecule has 2 aromatic rings. The van der Waals surface area contributed by atoms with E-state index in [1.165, 1.54) is 27.9 Å². The first-order valence-electron chi connectivity index (χ1n) is 8.53. The Kier molecular flexibility index (Phi) is 4.83. The Balaban J connectivity index is 2.77. The maximum atomic E-state index is 2.50. The van der Waals surface area contributed by atoms with Crippen molar-refractivity contribution in [3.63, 3.8) is 0 Å². The van der Waals surface area contributed by atoms with Crippen LogP contribution in [-0.4, -0.2) is 13.3 Å². The standard InChI is InChI=1S/C21H32GeN/c1-15-10-11-17(16(2)12-15)20-13-19(22(6,7)8)18(14-23(20)9)21(3,4)5/h10-14H,1-9H3/q+1. The van der Waals surface area contributed by atoms with Crippen LogP contribution in [-0.2, 0) is 12.5 Å². The summed E-state index contributed by atoms with van der Waals surface area (Å²) < 4.78 is 3.95. The van der Waals surface area contributed by atoms with Crippen molar-refractivity contribution in [2.75, 3.05) is 0 Å². The molecule has 0 aliphatic carbocycles. The third kappa shape index (κ3) is 3.88. The second kappa shape index (κ2) is 6.09. The zero-order valence-electron chi connectivity index (χ0n) is 16.3. The molecular weight excluding hydrogens is 339 g/mol. The number of rotatable bonds is 2. The van der Waals surface area contributed by atoms with E-state index >= 15 is 0 Å². The summed E-state index contributed by atoms with van der Waals surface area (Å²) in [5, 5.41) is 0. The Morgan fingerprint density at radius 1 is 0.957 bits per heavy atom. The molecule has 0 atom stereocenters. The van der Waals surface area contributed by atoms with Gasteiger partial charge in [-0.05, 0) is 0 Å². The minimum absolute atomic E-state index is 0.187. The van der Waals surface area contributed by atoms with Gasteiger partial charge in [-0.2, -0.15) is 0 Å². The summed E-state index contributed by atoms with van der Waals surface area (Å²) >= 11 is -1.96. The number of aryl methyl sites for hydroxylation is 3. The van der Waals surface area contributed by atoms with Crippen LogP contribution in [0.3, 0.4) is 0 Å². The van der Waals surface area contributed by atoms with Gasteiger partial charge < -0.3 is 0 Å². The van der Waals surface area contributed by atoms with Crippen molar-refractivity contribution in [2.24, 2.45) is 7.05 Å². The number of aromatic nitrogens is 1. The van der Waals surface area contributed by atoms with Crippen LogP contribution in [0.1, 0.15) is 37.5 Å². The van der Waals surface area contributed by atoms with Crippen molar-refractivity contribution in [3.8, 4) is 11.3 Å². The van der Waals surface area contributed by atoms with Crippen LogP contribution in [0.5, 0.6) is 0 Å². The second-order valence-electron chi connectivity index (χ2n) is 8.92. The number of hydrogen-bond donors (Lipinski definition) is 0. The maximum absolute atomic E-state index is 2.50. The Morgan fingerprint density at radius 3 is 2.04 bits per heavy atom. The van der Waals surface area contributed by atoms with E-state index in [0.717, 1.165) is 0 Å². The van der Waals surface area contributed by atoms with Gasteiger partial charge in [0.2, 0.25) is 0 Å². The number of hydrogen-bond acceptors (Lipinski definition) is 0. The van der Waals surface area contributed by atoms with Gasteiger partial charge in [-0.1, -0.05) is 0 Å². The molecule has 2 heteroatoms. The molecule has 1 aromatic heterocycles. The number of pyridine rings is 1. The molecule has 23 heavy (non-hydrogen) atoms. The third-order valence-electron chi connectivity index (χ3n) is 4.55. The molecule has 0 amide bonds. The molecule has 0 unspecified atom stereocenters. The summed E-state index contributed by atoms with van der Waals surface area (Å²) in [6.45, 7) is 11.4. The molecule has 0 fully saturated rings. The first-order valence-corrected chi connectivity index (χ1v) is 15.9. The van der Waals surface area contributed by atoms with Gasteiger partial charge in [-0.15, -0.1) is 0 Å². The molecule has 1 nitrogen and oxygen atoms in total. The van der Waals surface area contributed by atoms with Crippen LogP contribution in [0.25, 0.3) is 11.3 Å². The van der Waals surface area contributed by atoms with Crippen LogP contribution in [0.4, 0.5) is 0 Å². The summed E-state index contributed by atoms with van der Waals surface area (Å²) in [6, 6.07) is 9.26. The predicted octanol–water partition coefficient (Wildman–Crippen LogP) is 4.64. The average molecular weight is 371 g/mol. The van der Waals surface area contributed by atoms with E-state index in [0.29, 0.717) is 0 Å². The van der Waals surface area contributed by atoms with Gasteiger partial charge in [0, 0.05) is 0 Å². The summed E-state index contributed by atoms with van der Waals surface area (Å²) in [5.41, 5.74) is 7.08. The Labute approximate surface area is 145 Å². The number of benzene rings is 1. The molecule has 0 saturated heterocycles. The average Bonchev–Trinajstić information content (AvgIpc) is 2.36. The minimum atomic E-state index is -1.96. The molecule has 0 saturated carbocycles. The van der Waals surface area contributed by atoms with E-state index in [1.54, 1.807) is 4.40 Å². The summed E-state index contributed by atoms with van der Waals surface area (Å²) in [4.78, 5) is 0. The molecule has 0 bridgehead atoms. The Hall–Kier alpha value is -1.09. The van der Waals surface area contributed by atoms with Gasteiger partial charge in [-0.25, -0.2) is 0 Å². The van der Waals surface area contributed by atoms with Crippen molar-refractivity contribution in [3.05, 3.63) is 47.2 Å². The molecule has 2 rings (SSSR count). The van der Waals surface area contributed by atoms with E-state index < -0.39 is 13.3 Å². The normalized spacial score (nSPS) is 12.6. The fourth-order valence-electron chi connectivity index (χ4n) is 3.24. The third-order valence-corrected chi connectivity index (χ3v) is 8.81. The van der Waals surface area contributed by atoms with Gasteiger partial charge in [0.1, 0.15) is 0 Å². The Bertz CT molecular complexity index is 731. The van der Waals surface area contributed by atoms with Gasteiger partial charge in [-0.3, -0.25) is 0 Å². The van der Waals surface area contributed by atoms with E-state index in [2.05, 4.69) is 94.0 Å². The van der Waals surface area contributed by atoms with Crippen LogP contribution in [0, 0.1) is 13.8 Å². The molecule has 1 heterocycles. The van der Waals surface area contributed by atoms with Crippen LogP contribution in [0.15, 0.2) is 30.5 Å². The molecule has 0 aliphatic rings. The zero-order valence-corrected chi connectivity index (χ0v) is 18.4. The number of nitrogens with zero attached hydrogens (tertiary/aromatic N) is 1. The van der Waals surface area contributed by atoms with Crippen molar-refractivity contribution in [2.45, 2.75) is 57.3 Å². The van der Waals surface area contributed by atoms with Gasteiger partial charge in [0.05, 0.1) is 0 Å². The van der Waals surface area contributed by atoms with Gasteiger partial charge in [0.15, 0.2) is 0 Å². The summed E-state index contributed by atoms with van der Waals surface area (Å²) in [5.74, 6) is 7.49. The quantitative estimate of drug-likeness (QED) is 0.535. The van der Waals surface area contributed by atoms with Crippen molar-refractivity contribution < 1.29 is 4.57 Å². The van der Waals surface area contributed by atoms with E-state index in [9.17, 15) is 0 Å². The van der Waals surface area contributed by atoms with Gasteiger partial charge >= 0.3 is 145 Å². The zero-order chi connectivity index (χ0) is 17.6. The molecule has 124 valence electrons. The van der Waals surface area contributed by atoms with E-state index in [-0.39, 0.29) is 5.41 Å². The molecular formula is C21H32GeN+. The van der Waals surface area contributed by atoms with Crippen molar-refractivity contribution >= 4 is 17.7 Å². The second-order valence-corrected chi connectivity index (χ2v) is 19.5. The van der Waals surface area contributed by atoms with Crippen molar-refractivity contribution in [1.29, 1.82) is 0 Å². The SMILES string of the molecule is Cc1ccc(-c2c[c]([Ge]([CH3])([CH3])[CH3])c(C(C)(C)C)c[n+]2C)c(C)c1. The first kappa shape index (κ1) is 18.3. The molecule has 0 aliphatic heterocycles. The fourth-order valence-corrected chi connectivity index (χ4v) is 7.05. The molecule has 1 aromatic carbocycles. The fraction of sp³-hybridized carbons (Fsp3) is 0.476. The monoisotopic (exact) mass is 372 g/mol. The summed E-state index contributed by atoms with van der Waals surface area (Å²) in [7, 11) is 2.18. The topological polar surface area (TPSA) is 3.88 Å². The van der Waals surface area contributed by atoms with Crippen LogP contribution in [0.2, 0.25) is 17.3 Å². The van der Waals surface area contributed by atoms with Crippen LogP contribution < -0.4 is 8.96 Å². The predicted molar refractivity (Wildman–Crippen MR) is 104 cm³/mol. The molecule has 0 spiro atoms. The Morgan fingerprint density at radius 2 is 1.57 bits per heavy atom. The molecule has 0 N–H and O–H groups in total. The first-order chi connectivity index (χ1) is 10.4. The summed E-state index contributed by atoms with van der Waals surface area (Å²) in [6.07, 6.45) is 2.38.